The van der Waals surface area contributed by atoms with Crippen LogP contribution in [0.5, 0.6) is 0 Å². The molecule has 0 aliphatic heterocycles. The second-order valence-corrected chi connectivity index (χ2v) is 5.47. The van der Waals surface area contributed by atoms with Crippen LogP contribution >= 0.6 is 0 Å². The average Bonchev–Trinajstić information content (AvgIpc) is 2.67. The Morgan fingerprint density at radius 2 is 1.70 bits per heavy atom. The second-order valence-electron chi connectivity index (χ2n) is 5.47. The number of ether oxygens (including phenoxy) is 1. The van der Waals surface area contributed by atoms with Gasteiger partial charge in [0.25, 0.3) is 5.91 Å². The summed E-state index contributed by atoms with van der Waals surface area (Å²) in [5.41, 5.74) is 0.893. The Morgan fingerprint density at radius 3 is 2.44 bits per heavy atom. The summed E-state index contributed by atoms with van der Waals surface area (Å²) in [6, 6.07) is 15.0. The Hall–Kier alpha value is -3.48. The van der Waals surface area contributed by atoms with Gasteiger partial charge in [0.05, 0.1) is 12.1 Å². The largest absolute Gasteiger partial charge is 0.456 e. The monoisotopic (exact) mass is 370 g/mol. The fourth-order valence-corrected chi connectivity index (χ4v) is 2.05. The zero-order valence-corrected chi connectivity index (χ0v) is 14.5. The standard InChI is InChI=1S/C20H19FN2O4/c21-16-8-4-5-9-17(16)23-19(25)14-27-20(26)12-13-22-18(24)11-10-15-6-2-1-3-7-15/h1-11H,12-14H2,(H,22,24)(H,23,25)/b11-10+. The zero-order valence-electron chi connectivity index (χ0n) is 14.5. The Morgan fingerprint density at radius 1 is 1.00 bits per heavy atom. The van der Waals surface area contributed by atoms with Crippen molar-refractivity contribution in [2.24, 2.45) is 0 Å². The maximum Gasteiger partial charge on any atom is 0.308 e. The van der Waals surface area contributed by atoms with Crippen LogP contribution in [0.4, 0.5) is 10.1 Å². The van der Waals surface area contributed by atoms with Crippen LogP contribution in [0.2, 0.25) is 0 Å². The summed E-state index contributed by atoms with van der Waals surface area (Å²) in [7, 11) is 0. The van der Waals surface area contributed by atoms with Crippen LogP contribution < -0.4 is 10.6 Å². The molecule has 2 N–H and O–H groups in total. The van der Waals surface area contributed by atoms with E-state index in [1.807, 2.05) is 30.3 Å². The van der Waals surface area contributed by atoms with Crippen LogP contribution in [-0.2, 0) is 19.1 Å². The Balaban J connectivity index is 1.63. The van der Waals surface area contributed by atoms with E-state index in [9.17, 15) is 18.8 Å². The molecule has 0 spiro atoms. The number of halogens is 1. The SMILES string of the molecule is O=C(/C=C/c1ccccc1)NCCC(=O)OCC(=O)Nc1ccccc1F. The van der Waals surface area contributed by atoms with Gasteiger partial charge >= 0.3 is 5.97 Å². The highest BCUT2D eigenvalue weighted by molar-refractivity contribution is 5.93. The molecule has 2 aromatic rings. The van der Waals surface area contributed by atoms with Crippen molar-refractivity contribution in [3.63, 3.8) is 0 Å². The van der Waals surface area contributed by atoms with Crippen LogP contribution in [-0.4, -0.2) is 30.9 Å². The molecule has 140 valence electrons. The molecule has 0 aliphatic carbocycles. The van der Waals surface area contributed by atoms with Gasteiger partial charge in [0.15, 0.2) is 6.61 Å². The van der Waals surface area contributed by atoms with E-state index in [1.54, 1.807) is 12.1 Å². The second kappa shape index (κ2) is 10.5. The van der Waals surface area contributed by atoms with Gasteiger partial charge in [0.2, 0.25) is 5.91 Å². The highest BCUT2D eigenvalue weighted by Gasteiger charge is 2.10. The van der Waals surface area contributed by atoms with E-state index in [2.05, 4.69) is 10.6 Å². The number of carbonyl (C=O) groups excluding carboxylic acids is 3. The van der Waals surface area contributed by atoms with E-state index >= 15 is 0 Å². The van der Waals surface area contributed by atoms with Gasteiger partial charge in [-0.15, -0.1) is 0 Å². The smallest absolute Gasteiger partial charge is 0.308 e. The third-order valence-corrected chi connectivity index (χ3v) is 3.37. The maximum absolute atomic E-state index is 13.4. The van der Waals surface area contributed by atoms with Crippen molar-refractivity contribution >= 4 is 29.5 Å². The highest BCUT2D eigenvalue weighted by atomic mass is 19.1. The first-order valence-corrected chi connectivity index (χ1v) is 8.25. The number of amides is 2. The van der Waals surface area contributed by atoms with Crippen molar-refractivity contribution in [3.8, 4) is 0 Å². The van der Waals surface area contributed by atoms with E-state index < -0.39 is 24.3 Å². The molecule has 0 unspecified atom stereocenters. The number of anilines is 1. The number of esters is 1. The van der Waals surface area contributed by atoms with Crippen molar-refractivity contribution in [2.75, 3.05) is 18.5 Å². The molecule has 6 nitrogen and oxygen atoms in total. The molecule has 0 saturated carbocycles. The summed E-state index contributed by atoms with van der Waals surface area (Å²) < 4.78 is 18.2. The van der Waals surface area contributed by atoms with Crippen molar-refractivity contribution in [3.05, 3.63) is 72.1 Å². The summed E-state index contributed by atoms with van der Waals surface area (Å²) in [5, 5.41) is 4.84. The summed E-state index contributed by atoms with van der Waals surface area (Å²) in [6.45, 7) is -0.458. The highest BCUT2D eigenvalue weighted by Crippen LogP contribution is 2.11. The molecule has 0 saturated heterocycles. The molecule has 2 amide bonds. The van der Waals surface area contributed by atoms with Gasteiger partial charge in [-0.1, -0.05) is 42.5 Å². The number of para-hydroxylation sites is 1. The maximum atomic E-state index is 13.4. The Kier molecular flexibility index (Phi) is 7.71. The molecule has 0 radical (unpaired) electrons. The summed E-state index contributed by atoms with van der Waals surface area (Å²) >= 11 is 0. The van der Waals surface area contributed by atoms with Crippen molar-refractivity contribution in [1.82, 2.24) is 5.32 Å². The van der Waals surface area contributed by atoms with Gasteiger partial charge in [-0.2, -0.15) is 0 Å². The molecule has 0 aliphatic rings. The molecule has 2 aromatic carbocycles. The van der Waals surface area contributed by atoms with Gasteiger partial charge in [-0.25, -0.2) is 4.39 Å². The molecular weight excluding hydrogens is 351 g/mol. The van der Waals surface area contributed by atoms with E-state index in [-0.39, 0.29) is 24.6 Å². The fourth-order valence-electron chi connectivity index (χ4n) is 2.05. The molecule has 7 heteroatoms. The van der Waals surface area contributed by atoms with E-state index in [1.165, 1.54) is 24.3 Å². The molecule has 0 bridgehead atoms. The lowest BCUT2D eigenvalue weighted by molar-refractivity contribution is -0.147. The normalized spacial score (nSPS) is 10.4. The van der Waals surface area contributed by atoms with E-state index in [0.29, 0.717) is 0 Å². The van der Waals surface area contributed by atoms with Crippen molar-refractivity contribution in [2.45, 2.75) is 6.42 Å². The van der Waals surface area contributed by atoms with Crippen LogP contribution in [0.15, 0.2) is 60.7 Å². The predicted octanol–water partition coefficient (Wildman–Crippen LogP) is 2.53. The molecule has 0 fully saturated rings. The van der Waals surface area contributed by atoms with Crippen LogP contribution in [0.1, 0.15) is 12.0 Å². The minimum atomic E-state index is -0.650. The lowest BCUT2D eigenvalue weighted by Gasteiger charge is -2.07. The minimum Gasteiger partial charge on any atom is -0.456 e. The van der Waals surface area contributed by atoms with E-state index in [0.717, 1.165) is 5.56 Å². The summed E-state index contributed by atoms with van der Waals surface area (Å²) in [6.07, 6.45) is 2.93. The number of benzene rings is 2. The lowest BCUT2D eigenvalue weighted by atomic mass is 10.2. The van der Waals surface area contributed by atoms with Gasteiger partial charge in [-0.3, -0.25) is 14.4 Å². The Labute approximate surface area is 156 Å². The van der Waals surface area contributed by atoms with Gasteiger partial charge < -0.3 is 15.4 Å². The molecule has 0 atom stereocenters. The van der Waals surface area contributed by atoms with Crippen LogP contribution in [0.25, 0.3) is 6.08 Å². The number of hydrogen-bond acceptors (Lipinski definition) is 4. The van der Waals surface area contributed by atoms with E-state index in [4.69, 9.17) is 4.74 Å². The lowest BCUT2D eigenvalue weighted by Crippen LogP contribution is -2.26. The predicted molar refractivity (Wildman–Crippen MR) is 99.1 cm³/mol. The first-order chi connectivity index (χ1) is 13.0. The number of nitrogens with one attached hydrogen (secondary N) is 2. The van der Waals surface area contributed by atoms with Crippen LogP contribution in [0.3, 0.4) is 0 Å². The number of carbonyl (C=O) groups is 3. The van der Waals surface area contributed by atoms with Gasteiger partial charge in [-0.05, 0) is 23.8 Å². The zero-order chi connectivity index (χ0) is 19.5. The third-order valence-electron chi connectivity index (χ3n) is 3.37. The first-order valence-electron chi connectivity index (χ1n) is 8.25. The Bertz CT molecular complexity index is 822. The topological polar surface area (TPSA) is 84.5 Å². The molecular formula is C20H19FN2O4. The van der Waals surface area contributed by atoms with Gasteiger partial charge in [0.1, 0.15) is 5.82 Å². The minimum absolute atomic E-state index is 0.0102. The molecule has 2 rings (SSSR count). The van der Waals surface area contributed by atoms with Gasteiger partial charge in [0, 0.05) is 12.6 Å². The quantitative estimate of drug-likeness (QED) is 0.552. The summed E-state index contributed by atoms with van der Waals surface area (Å²) in [5.74, 6) is -2.22. The first kappa shape index (κ1) is 19.8. The number of rotatable bonds is 8. The fraction of sp³-hybridized carbons (Fsp3) is 0.150. The number of hydrogen-bond donors (Lipinski definition) is 2. The van der Waals surface area contributed by atoms with Crippen molar-refractivity contribution < 1.29 is 23.5 Å². The third kappa shape index (κ3) is 7.52. The molecule has 0 heterocycles. The average molecular weight is 370 g/mol. The molecule has 27 heavy (non-hydrogen) atoms. The summed E-state index contributed by atoms with van der Waals surface area (Å²) in [4.78, 5) is 34.9. The van der Waals surface area contributed by atoms with Crippen LogP contribution in [0, 0.1) is 5.82 Å². The molecule has 0 aromatic heterocycles. The van der Waals surface area contributed by atoms with Crippen molar-refractivity contribution in [1.29, 1.82) is 0 Å².